The first-order valence-corrected chi connectivity index (χ1v) is 14.9. The molecule has 1 aromatic heterocycles. The van der Waals surface area contributed by atoms with E-state index in [9.17, 15) is 34.6 Å². The number of aromatic nitrogens is 1. The Bertz CT molecular complexity index is 1840. The number of Topliss-reactive ketones (excluding diaryl/α,β-unsaturated/α-hetero) is 1. The number of nitro groups is 2. The van der Waals surface area contributed by atoms with Gasteiger partial charge in [0.25, 0.3) is 11.6 Å². The summed E-state index contributed by atoms with van der Waals surface area (Å²) in [5.74, 6) is -4.95. The van der Waals surface area contributed by atoms with Crippen LogP contribution in [0.25, 0.3) is 0 Å². The fourth-order valence-electron chi connectivity index (χ4n) is 6.88. The number of benzene rings is 2. The van der Waals surface area contributed by atoms with E-state index in [1.807, 2.05) is 0 Å². The van der Waals surface area contributed by atoms with E-state index in [4.69, 9.17) is 23.2 Å². The number of methoxy groups -OCH3 is 1. The van der Waals surface area contributed by atoms with Gasteiger partial charge in [-0.2, -0.15) is 0 Å². The summed E-state index contributed by atoms with van der Waals surface area (Å²) >= 11 is 12.3. The topological polar surface area (TPSA) is 175 Å². The molecule has 4 atom stereocenters. The predicted molar refractivity (Wildman–Crippen MR) is 161 cm³/mol. The minimum absolute atomic E-state index is 0.0179. The molecule has 1 N–H and O–H groups in total. The van der Waals surface area contributed by atoms with Crippen LogP contribution in [0.1, 0.15) is 57.0 Å². The Morgan fingerprint density at radius 3 is 2.54 bits per heavy atom. The van der Waals surface area contributed by atoms with Crippen molar-refractivity contribution < 1.29 is 33.4 Å². The Balaban J connectivity index is 1.56. The molecule has 0 bridgehead atoms. The van der Waals surface area contributed by atoms with Crippen molar-refractivity contribution in [1.29, 1.82) is 0 Å². The molecule has 1 aliphatic carbocycles. The van der Waals surface area contributed by atoms with Gasteiger partial charge < -0.3 is 10.1 Å². The minimum Gasteiger partial charge on any atom is -0.465 e. The van der Waals surface area contributed by atoms with Crippen molar-refractivity contribution in [1.82, 2.24) is 9.88 Å². The number of rotatable bonds is 9. The second-order valence-electron chi connectivity index (χ2n) is 11.4. The molecule has 1 saturated carbocycles. The molecular weight excluding hydrogens is 648 g/mol. The maximum absolute atomic E-state index is 15.9. The lowest BCUT2D eigenvalue weighted by atomic mass is 9.73. The van der Waals surface area contributed by atoms with E-state index in [1.54, 1.807) is 11.0 Å². The molecule has 6 rings (SSSR count). The largest absolute Gasteiger partial charge is 0.465 e. The van der Waals surface area contributed by atoms with E-state index in [0.29, 0.717) is 5.56 Å². The second-order valence-corrected chi connectivity index (χ2v) is 12.2. The highest BCUT2D eigenvalue weighted by molar-refractivity contribution is 6.31. The maximum Gasteiger partial charge on any atom is 0.338 e. The standard InChI is InChI=1S/C30H24Cl2FN5O8/c1-46-28(40)15-4-6-17(21(10-15)37(42)43)23(39)12-22-26(38(44)45)24(18-8-9-34-27(32)25(18)33)30(36(22)13-14-2-3-14)19-7-5-16(31)11-20(19)35-29(30)41/h4-11,14,22,24,26H,2-3,12-13H2,1H3,(H,35,41)/t22-,24-,26+,30+/m0/s1. The van der Waals surface area contributed by atoms with Crippen LogP contribution in [0.3, 0.4) is 0 Å². The number of hydrogen-bond acceptors (Lipinski definition) is 10. The van der Waals surface area contributed by atoms with E-state index in [1.165, 1.54) is 30.5 Å². The van der Waals surface area contributed by atoms with E-state index in [2.05, 4.69) is 15.0 Å². The lowest BCUT2D eigenvalue weighted by Crippen LogP contribution is -2.53. The molecule has 46 heavy (non-hydrogen) atoms. The van der Waals surface area contributed by atoms with Crippen molar-refractivity contribution in [3.8, 4) is 0 Å². The molecule has 0 unspecified atom stereocenters. The Morgan fingerprint density at radius 2 is 1.89 bits per heavy atom. The second kappa shape index (κ2) is 11.7. The van der Waals surface area contributed by atoms with Gasteiger partial charge in [0, 0.05) is 52.0 Å². The molecule has 3 heterocycles. The van der Waals surface area contributed by atoms with Crippen LogP contribution >= 0.6 is 23.2 Å². The quantitative estimate of drug-likeness (QED) is 0.105. The zero-order valence-corrected chi connectivity index (χ0v) is 25.5. The number of nitrogens with zero attached hydrogens (tertiary/aromatic N) is 4. The number of fused-ring (bicyclic) bond motifs is 2. The SMILES string of the molecule is COC(=O)c1ccc(C(=O)C[C@H]2[C@@H]([N+](=O)[O-])[C@H](c3ccnc(Cl)c3F)[C@]3(C(=O)Nc4cc(Cl)ccc43)N2CC2CC2)c([N+](=O)[O-])c1. The van der Waals surface area contributed by atoms with Crippen LogP contribution in [-0.2, 0) is 15.1 Å². The van der Waals surface area contributed by atoms with Crippen molar-refractivity contribution in [2.24, 2.45) is 5.92 Å². The number of nitrogens with one attached hydrogen (secondary N) is 1. The van der Waals surface area contributed by atoms with Crippen molar-refractivity contribution >= 4 is 52.2 Å². The highest BCUT2D eigenvalue weighted by Gasteiger charge is 2.72. The predicted octanol–water partition coefficient (Wildman–Crippen LogP) is 5.17. The molecule has 2 fully saturated rings. The number of anilines is 1. The number of esters is 1. The van der Waals surface area contributed by atoms with Gasteiger partial charge in [-0.15, -0.1) is 0 Å². The summed E-state index contributed by atoms with van der Waals surface area (Å²) in [6.45, 7) is 0.137. The highest BCUT2D eigenvalue weighted by atomic mass is 35.5. The average Bonchev–Trinajstić information content (AvgIpc) is 3.74. The molecule has 2 aromatic carbocycles. The average molecular weight is 672 g/mol. The van der Waals surface area contributed by atoms with Gasteiger partial charge in [-0.25, -0.2) is 14.2 Å². The van der Waals surface area contributed by atoms with Crippen LogP contribution in [0.4, 0.5) is 15.8 Å². The van der Waals surface area contributed by atoms with Gasteiger partial charge in [-0.05, 0) is 49.1 Å². The number of ketones is 1. The number of likely N-dealkylation sites (tertiary alicyclic amines) is 1. The van der Waals surface area contributed by atoms with Crippen LogP contribution in [0.2, 0.25) is 10.2 Å². The van der Waals surface area contributed by atoms with Gasteiger partial charge in [0.2, 0.25) is 6.04 Å². The van der Waals surface area contributed by atoms with Crippen LogP contribution in [0, 0.1) is 32.0 Å². The van der Waals surface area contributed by atoms with E-state index >= 15 is 4.39 Å². The first-order chi connectivity index (χ1) is 21.9. The van der Waals surface area contributed by atoms with Gasteiger partial charge in [0.05, 0.1) is 35.1 Å². The lowest BCUT2D eigenvalue weighted by molar-refractivity contribution is -0.528. The highest BCUT2D eigenvalue weighted by Crippen LogP contribution is 2.59. The zero-order valence-electron chi connectivity index (χ0n) is 23.9. The van der Waals surface area contributed by atoms with Crippen LogP contribution in [0.15, 0.2) is 48.7 Å². The summed E-state index contributed by atoms with van der Waals surface area (Å²) in [6, 6.07) is 5.81. The van der Waals surface area contributed by atoms with Gasteiger partial charge >= 0.3 is 5.97 Å². The normalized spacial score (nSPS) is 23.7. The van der Waals surface area contributed by atoms with Crippen molar-refractivity contribution in [2.75, 3.05) is 19.0 Å². The Hall–Kier alpha value is -4.53. The molecule has 0 radical (unpaired) electrons. The molecule has 1 saturated heterocycles. The third kappa shape index (κ3) is 4.96. The number of hydrogen-bond donors (Lipinski definition) is 1. The summed E-state index contributed by atoms with van der Waals surface area (Å²) in [5.41, 5.74) is -2.84. The number of carbonyl (C=O) groups is 3. The molecular formula is C30H24Cl2FN5O8. The third-order valence-corrected chi connectivity index (χ3v) is 9.44. The first kappa shape index (κ1) is 31.5. The zero-order chi connectivity index (χ0) is 33.1. The summed E-state index contributed by atoms with van der Waals surface area (Å²) in [5, 5.41) is 27.6. The number of nitro benzene ring substituents is 1. The number of pyridine rings is 1. The lowest BCUT2D eigenvalue weighted by Gasteiger charge is -2.38. The fraction of sp³-hybridized carbons (Fsp3) is 0.333. The molecule has 3 aliphatic rings. The number of amides is 1. The Kier molecular flexibility index (Phi) is 7.99. The van der Waals surface area contributed by atoms with Crippen molar-refractivity contribution in [3.63, 3.8) is 0 Å². The Morgan fingerprint density at radius 1 is 1.15 bits per heavy atom. The van der Waals surface area contributed by atoms with Gasteiger partial charge in [0.15, 0.2) is 16.8 Å². The molecule has 3 aromatic rings. The number of ether oxygens (including phenoxy) is 1. The summed E-state index contributed by atoms with van der Waals surface area (Å²) in [7, 11) is 1.09. The first-order valence-electron chi connectivity index (χ1n) is 14.1. The van der Waals surface area contributed by atoms with Crippen LogP contribution in [-0.4, -0.2) is 63.1 Å². The Labute approximate surface area is 269 Å². The van der Waals surface area contributed by atoms with Gasteiger partial charge in [-0.3, -0.25) is 34.7 Å². The summed E-state index contributed by atoms with van der Waals surface area (Å²) in [6.07, 6.45) is 2.04. The summed E-state index contributed by atoms with van der Waals surface area (Å²) in [4.78, 5) is 69.2. The molecule has 13 nitrogen and oxygen atoms in total. The van der Waals surface area contributed by atoms with Gasteiger partial charge in [0.1, 0.15) is 5.54 Å². The molecule has 2 aliphatic heterocycles. The fourth-order valence-corrected chi connectivity index (χ4v) is 7.21. The minimum atomic E-state index is -1.89. The third-order valence-electron chi connectivity index (χ3n) is 8.94. The van der Waals surface area contributed by atoms with E-state index in [0.717, 1.165) is 32.1 Å². The van der Waals surface area contributed by atoms with Crippen LogP contribution in [0.5, 0.6) is 0 Å². The number of halogens is 3. The number of carbonyl (C=O) groups excluding carboxylic acids is 3. The monoisotopic (exact) mass is 671 g/mol. The van der Waals surface area contributed by atoms with Crippen molar-refractivity contribution in [3.05, 3.63) is 107 Å². The summed E-state index contributed by atoms with van der Waals surface area (Å²) < 4.78 is 20.5. The smallest absolute Gasteiger partial charge is 0.338 e. The maximum atomic E-state index is 15.9. The van der Waals surface area contributed by atoms with E-state index < -0.39 is 79.7 Å². The molecule has 1 spiro atoms. The molecule has 1 amide bonds. The van der Waals surface area contributed by atoms with Gasteiger partial charge in [-0.1, -0.05) is 29.3 Å². The van der Waals surface area contributed by atoms with Crippen molar-refractivity contribution in [2.45, 2.75) is 42.8 Å². The molecule has 16 heteroatoms. The van der Waals surface area contributed by atoms with Crippen LogP contribution < -0.4 is 5.32 Å². The molecule has 238 valence electrons. The van der Waals surface area contributed by atoms with E-state index in [-0.39, 0.29) is 34.3 Å².